The summed E-state index contributed by atoms with van der Waals surface area (Å²) in [6.45, 7) is 0. The molecule has 7 nitrogen and oxygen atoms in total. The SMILES string of the molecule is Cn1cc(S(N)(=O)=O)cc1C(=O)N[C@@H]1CCCC[C@H]1O. The number of amides is 1. The lowest BCUT2D eigenvalue weighted by atomic mass is 9.92. The van der Waals surface area contributed by atoms with Crippen LogP contribution >= 0.6 is 0 Å². The number of hydrogen-bond donors (Lipinski definition) is 3. The molecule has 0 bridgehead atoms. The van der Waals surface area contributed by atoms with E-state index in [1.54, 1.807) is 7.05 Å². The maximum absolute atomic E-state index is 12.1. The van der Waals surface area contributed by atoms with Gasteiger partial charge in [-0.2, -0.15) is 0 Å². The van der Waals surface area contributed by atoms with Gasteiger partial charge in [-0.25, -0.2) is 13.6 Å². The number of hydrogen-bond acceptors (Lipinski definition) is 4. The van der Waals surface area contributed by atoms with Gasteiger partial charge in [0.15, 0.2) is 0 Å². The molecule has 1 amide bonds. The number of rotatable bonds is 3. The summed E-state index contributed by atoms with van der Waals surface area (Å²) in [6, 6.07) is 0.948. The van der Waals surface area contributed by atoms with Crippen LogP contribution < -0.4 is 10.5 Å². The highest BCUT2D eigenvalue weighted by Gasteiger charge is 2.26. The van der Waals surface area contributed by atoms with Crippen molar-refractivity contribution < 1.29 is 18.3 Å². The largest absolute Gasteiger partial charge is 0.391 e. The van der Waals surface area contributed by atoms with Crippen molar-refractivity contribution in [2.75, 3.05) is 0 Å². The molecular weight excluding hydrogens is 282 g/mol. The van der Waals surface area contributed by atoms with Crippen LogP contribution in [0.3, 0.4) is 0 Å². The molecule has 112 valence electrons. The molecule has 1 fully saturated rings. The summed E-state index contributed by atoms with van der Waals surface area (Å²) < 4.78 is 23.9. The van der Waals surface area contributed by atoms with E-state index in [0.717, 1.165) is 19.3 Å². The summed E-state index contributed by atoms with van der Waals surface area (Å²) in [5, 5.41) is 17.6. The van der Waals surface area contributed by atoms with Gasteiger partial charge in [-0.1, -0.05) is 12.8 Å². The lowest BCUT2D eigenvalue weighted by Crippen LogP contribution is -2.45. The summed E-state index contributed by atoms with van der Waals surface area (Å²) >= 11 is 0. The second-order valence-electron chi connectivity index (χ2n) is 5.15. The highest BCUT2D eigenvalue weighted by Crippen LogP contribution is 2.19. The van der Waals surface area contributed by atoms with Gasteiger partial charge in [-0.15, -0.1) is 0 Å². The van der Waals surface area contributed by atoms with Gasteiger partial charge >= 0.3 is 0 Å². The lowest BCUT2D eigenvalue weighted by molar-refractivity contribution is 0.0711. The number of carbonyl (C=O) groups excluding carboxylic acids is 1. The Kier molecular flexibility index (Phi) is 4.17. The van der Waals surface area contributed by atoms with Crippen molar-refractivity contribution >= 4 is 15.9 Å². The number of primary sulfonamides is 1. The van der Waals surface area contributed by atoms with Crippen molar-refractivity contribution in [1.29, 1.82) is 0 Å². The molecule has 0 spiro atoms. The van der Waals surface area contributed by atoms with E-state index in [-0.39, 0.29) is 16.6 Å². The quantitative estimate of drug-likeness (QED) is 0.711. The van der Waals surface area contributed by atoms with Crippen LogP contribution in [0.25, 0.3) is 0 Å². The first-order valence-electron chi connectivity index (χ1n) is 6.47. The first-order valence-corrected chi connectivity index (χ1v) is 8.02. The van der Waals surface area contributed by atoms with E-state index in [1.165, 1.54) is 16.8 Å². The molecule has 4 N–H and O–H groups in total. The number of aromatic nitrogens is 1. The predicted octanol–water partition coefficient (Wildman–Crippen LogP) is -0.294. The van der Waals surface area contributed by atoms with Crippen LogP contribution in [0.4, 0.5) is 0 Å². The normalized spacial score (nSPS) is 23.6. The Morgan fingerprint density at radius 2 is 2.10 bits per heavy atom. The number of nitrogens with two attached hydrogens (primary N) is 1. The van der Waals surface area contributed by atoms with Crippen LogP contribution in [0.2, 0.25) is 0 Å². The molecule has 0 unspecified atom stereocenters. The molecular formula is C12H19N3O4S. The number of aliphatic hydroxyl groups excluding tert-OH is 1. The predicted molar refractivity (Wildman–Crippen MR) is 72.5 cm³/mol. The van der Waals surface area contributed by atoms with Gasteiger partial charge in [0.05, 0.1) is 12.1 Å². The number of aliphatic hydroxyl groups is 1. The van der Waals surface area contributed by atoms with Crippen LogP contribution in [0.15, 0.2) is 17.2 Å². The fourth-order valence-electron chi connectivity index (χ4n) is 2.44. The minimum absolute atomic E-state index is 0.102. The molecule has 0 saturated heterocycles. The fraction of sp³-hybridized carbons (Fsp3) is 0.583. The van der Waals surface area contributed by atoms with E-state index in [2.05, 4.69) is 5.32 Å². The molecule has 1 aromatic heterocycles. The van der Waals surface area contributed by atoms with E-state index in [9.17, 15) is 18.3 Å². The van der Waals surface area contributed by atoms with Crippen molar-refractivity contribution in [1.82, 2.24) is 9.88 Å². The smallest absolute Gasteiger partial charge is 0.268 e. The topological polar surface area (TPSA) is 114 Å². The Hall–Kier alpha value is -1.38. The summed E-state index contributed by atoms with van der Waals surface area (Å²) in [7, 11) is -2.26. The number of sulfonamides is 1. The lowest BCUT2D eigenvalue weighted by Gasteiger charge is -2.28. The van der Waals surface area contributed by atoms with E-state index < -0.39 is 22.0 Å². The van der Waals surface area contributed by atoms with Crippen LogP contribution in [-0.2, 0) is 17.1 Å². The summed E-state index contributed by atoms with van der Waals surface area (Å²) in [5.74, 6) is -0.409. The second-order valence-corrected chi connectivity index (χ2v) is 6.71. The third-order valence-corrected chi connectivity index (χ3v) is 4.47. The summed E-state index contributed by atoms with van der Waals surface area (Å²) in [4.78, 5) is 12.0. The van der Waals surface area contributed by atoms with Crippen LogP contribution in [0.1, 0.15) is 36.2 Å². The zero-order chi connectivity index (χ0) is 14.9. The van der Waals surface area contributed by atoms with Crippen molar-refractivity contribution in [2.24, 2.45) is 12.2 Å². The molecule has 0 aliphatic heterocycles. The number of nitrogens with one attached hydrogen (secondary N) is 1. The number of aryl methyl sites for hydroxylation is 1. The Morgan fingerprint density at radius 3 is 2.65 bits per heavy atom. The highest BCUT2D eigenvalue weighted by molar-refractivity contribution is 7.89. The molecule has 8 heteroatoms. The maximum Gasteiger partial charge on any atom is 0.268 e. The highest BCUT2D eigenvalue weighted by atomic mass is 32.2. The van der Waals surface area contributed by atoms with E-state index in [1.807, 2.05) is 0 Å². The molecule has 0 radical (unpaired) electrons. The molecule has 1 aliphatic rings. The second kappa shape index (κ2) is 5.55. The zero-order valence-corrected chi connectivity index (χ0v) is 12.1. The Bertz CT molecular complexity index is 608. The Balaban J connectivity index is 2.15. The van der Waals surface area contributed by atoms with E-state index in [4.69, 9.17) is 5.14 Å². The van der Waals surface area contributed by atoms with E-state index in [0.29, 0.717) is 6.42 Å². The minimum Gasteiger partial charge on any atom is -0.391 e. The third kappa shape index (κ3) is 3.20. The summed E-state index contributed by atoms with van der Waals surface area (Å²) in [5.41, 5.74) is 0.201. The summed E-state index contributed by atoms with van der Waals surface area (Å²) in [6.07, 6.45) is 4.04. The van der Waals surface area contributed by atoms with Crippen molar-refractivity contribution in [3.63, 3.8) is 0 Å². The van der Waals surface area contributed by atoms with Crippen molar-refractivity contribution in [3.8, 4) is 0 Å². The van der Waals surface area contributed by atoms with Gasteiger partial charge in [-0.3, -0.25) is 4.79 Å². The number of nitrogens with zero attached hydrogens (tertiary/aromatic N) is 1. The molecule has 1 saturated carbocycles. The van der Waals surface area contributed by atoms with Gasteiger partial charge in [0.25, 0.3) is 5.91 Å². The Labute approximate surface area is 117 Å². The van der Waals surface area contributed by atoms with Crippen LogP contribution in [0.5, 0.6) is 0 Å². The fourth-order valence-corrected chi connectivity index (χ4v) is 3.02. The molecule has 2 atom stereocenters. The van der Waals surface area contributed by atoms with Crippen molar-refractivity contribution in [2.45, 2.75) is 42.7 Å². The van der Waals surface area contributed by atoms with Crippen molar-refractivity contribution in [3.05, 3.63) is 18.0 Å². The van der Waals surface area contributed by atoms with Gasteiger partial charge < -0.3 is 15.0 Å². The molecule has 0 aromatic carbocycles. The van der Waals surface area contributed by atoms with Gasteiger partial charge in [0.1, 0.15) is 10.6 Å². The number of carbonyl (C=O) groups is 1. The minimum atomic E-state index is -3.83. The average molecular weight is 301 g/mol. The molecule has 1 heterocycles. The van der Waals surface area contributed by atoms with Gasteiger partial charge in [0, 0.05) is 13.2 Å². The first-order chi connectivity index (χ1) is 9.29. The monoisotopic (exact) mass is 301 g/mol. The van der Waals surface area contributed by atoms with Gasteiger partial charge in [0.2, 0.25) is 10.0 Å². The third-order valence-electron chi connectivity index (χ3n) is 3.59. The Morgan fingerprint density at radius 1 is 1.45 bits per heavy atom. The van der Waals surface area contributed by atoms with Gasteiger partial charge in [-0.05, 0) is 18.9 Å². The molecule has 1 aromatic rings. The molecule has 1 aliphatic carbocycles. The molecule has 20 heavy (non-hydrogen) atoms. The maximum atomic E-state index is 12.1. The standard InChI is InChI=1S/C12H19N3O4S/c1-15-7-8(20(13,18)19)6-10(15)12(17)14-9-4-2-3-5-11(9)16/h6-7,9,11,16H,2-5H2,1H3,(H,14,17)(H2,13,18,19)/t9-,11-/m1/s1. The first kappa shape index (κ1) is 15.0. The van der Waals surface area contributed by atoms with Crippen LogP contribution in [0, 0.1) is 0 Å². The zero-order valence-electron chi connectivity index (χ0n) is 11.2. The van der Waals surface area contributed by atoms with E-state index >= 15 is 0 Å². The average Bonchev–Trinajstić information content (AvgIpc) is 2.74. The molecule has 2 rings (SSSR count). The van der Waals surface area contributed by atoms with Crippen LogP contribution in [-0.4, -0.2) is 36.1 Å².